The molecule has 1 unspecified atom stereocenters. The summed E-state index contributed by atoms with van der Waals surface area (Å²) >= 11 is 0. The number of aliphatic hydroxyl groups excluding tert-OH is 1. The molecule has 0 saturated carbocycles. The van der Waals surface area contributed by atoms with Gasteiger partial charge >= 0.3 is 0 Å². The fraction of sp³-hybridized carbons (Fsp3) is 0.455. The Bertz CT molecular complexity index is 328. The average Bonchev–Trinajstić information content (AvgIpc) is 2.17. The maximum Gasteiger partial charge on any atom is 0.146 e. The summed E-state index contributed by atoms with van der Waals surface area (Å²) in [6.45, 7) is 0.407. The molecule has 84 valence electrons. The molecule has 1 atom stereocenters. The number of aliphatic hydroxyl groups is 1. The SMILES string of the molecule is CNCC(O)c1cccc(F)c1N(C)C. The maximum absolute atomic E-state index is 13.5. The number of rotatable bonds is 4. The Balaban J connectivity index is 3.10. The van der Waals surface area contributed by atoms with Crippen LogP contribution in [0.15, 0.2) is 18.2 Å². The van der Waals surface area contributed by atoms with Crippen molar-refractivity contribution in [2.24, 2.45) is 0 Å². The van der Waals surface area contributed by atoms with Crippen LogP contribution in [0.3, 0.4) is 0 Å². The average molecular weight is 212 g/mol. The van der Waals surface area contributed by atoms with Gasteiger partial charge in [-0.1, -0.05) is 12.1 Å². The molecule has 0 aliphatic heterocycles. The molecule has 1 rings (SSSR count). The predicted molar refractivity (Wildman–Crippen MR) is 59.6 cm³/mol. The van der Waals surface area contributed by atoms with Crippen LogP contribution in [0.1, 0.15) is 11.7 Å². The minimum atomic E-state index is -0.692. The number of nitrogens with zero attached hydrogens (tertiary/aromatic N) is 1. The van der Waals surface area contributed by atoms with E-state index in [1.165, 1.54) is 6.07 Å². The van der Waals surface area contributed by atoms with Crippen molar-refractivity contribution in [3.8, 4) is 0 Å². The van der Waals surface area contributed by atoms with Crippen molar-refractivity contribution in [2.45, 2.75) is 6.10 Å². The molecule has 3 nitrogen and oxygen atoms in total. The topological polar surface area (TPSA) is 35.5 Å². The molecule has 2 N–H and O–H groups in total. The molecule has 15 heavy (non-hydrogen) atoms. The van der Waals surface area contributed by atoms with E-state index >= 15 is 0 Å². The molecule has 0 aliphatic rings. The highest BCUT2D eigenvalue weighted by Gasteiger charge is 2.16. The van der Waals surface area contributed by atoms with Crippen molar-refractivity contribution < 1.29 is 9.50 Å². The number of hydrogen-bond acceptors (Lipinski definition) is 3. The van der Waals surface area contributed by atoms with E-state index in [0.717, 1.165) is 0 Å². The summed E-state index contributed by atoms with van der Waals surface area (Å²) in [5, 5.41) is 12.7. The van der Waals surface area contributed by atoms with Gasteiger partial charge in [0.2, 0.25) is 0 Å². The largest absolute Gasteiger partial charge is 0.387 e. The minimum Gasteiger partial charge on any atom is -0.387 e. The van der Waals surface area contributed by atoms with Gasteiger partial charge in [0.05, 0.1) is 11.8 Å². The van der Waals surface area contributed by atoms with Crippen LogP contribution in [0.4, 0.5) is 10.1 Å². The van der Waals surface area contributed by atoms with E-state index in [9.17, 15) is 9.50 Å². The van der Waals surface area contributed by atoms with E-state index in [1.807, 2.05) is 0 Å². The Kier molecular flexibility index (Phi) is 4.05. The second-order valence-corrected chi connectivity index (χ2v) is 3.65. The van der Waals surface area contributed by atoms with Crippen molar-refractivity contribution in [2.75, 3.05) is 32.6 Å². The molecular weight excluding hydrogens is 195 g/mol. The Morgan fingerprint density at radius 2 is 2.13 bits per heavy atom. The molecule has 1 aromatic carbocycles. The van der Waals surface area contributed by atoms with Crippen molar-refractivity contribution in [3.63, 3.8) is 0 Å². The summed E-state index contributed by atoms with van der Waals surface area (Å²) < 4.78 is 13.5. The van der Waals surface area contributed by atoms with Crippen LogP contribution in [0.2, 0.25) is 0 Å². The highest BCUT2D eigenvalue weighted by atomic mass is 19.1. The predicted octanol–water partition coefficient (Wildman–Crippen LogP) is 1.14. The number of nitrogens with one attached hydrogen (secondary N) is 1. The molecule has 0 spiro atoms. The van der Waals surface area contributed by atoms with Crippen molar-refractivity contribution in [1.29, 1.82) is 0 Å². The summed E-state index contributed by atoms with van der Waals surface area (Å²) in [7, 11) is 5.26. The molecule has 0 heterocycles. The van der Waals surface area contributed by atoms with E-state index in [0.29, 0.717) is 17.8 Å². The monoisotopic (exact) mass is 212 g/mol. The lowest BCUT2D eigenvalue weighted by Gasteiger charge is -2.21. The zero-order valence-corrected chi connectivity index (χ0v) is 9.29. The summed E-state index contributed by atoms with van der Waals surface area (Å²) in [6, 6.07) is 4.74. The summed E-state index contributed by atoms with van der Waals surface area (Å²) in [4.78, 5) is 1.67. The lowest BCUT2D eigenvalue weighted by Crippen LogP contribution is -2.21. The van der Waals surface area contributed by atoms with Crippen LogP contribution < -0.4 is 10.2 Å². The second-order valence-electron chi connectivity index (χ2n) is 3.65. The van der Waals surface area contributed by atoms with Crippen molar-refractivity contribution in [3.05, 3.63) is 29.6 Å². The molecule has 0 aliphatic carbocycles. The first-order valence-corrected chi connectivity index (χ1v) is 4.86. The van der Waals surface area contributed by atoms with E-state index in [2.05, 4.69) is 5.32 Å². The molecule has 0 saturated heterocycles. The Hall–Kier alpha value is -1.13. The standard InChI is InChI=1S/C11H17FN2O/c1-13-7-10(15)8-5-4-6-9(12)11(8)14(2)3/h4-6,10,13,15H,7H2,1-3H3. The van der Waals surface area contributed by atoms with Gasteiger partial charge in [-0.2, -0.15) is 0 Å². The number of halogens is 1. The van der Waals surface area contributed by atoms with Gasteiger partial charge in [0.15, 0.2) is 0 Å². The fourth-order valence-electron chi connectivity index (χ4n) is 1.58. The first-order valence-electron chi connectivity index (χ1n) is 4.86. The van der Waals surface area contributed by atoms with Gasteiger partial charge in [0, 0.05) is 26.2 Å². The van der Waals surface area contributed by atoms with Gasteiger partial charge in [0.1, 0.15) is 5.82 Å². The molecule has 4 heteroatoms. The van der Waals surface area contributed by atoms with Crippen LogP contribution in [-0.4, -0.2) is 32.8 Å². The van der Waals surface area contributed by atoms with Crippen molar-refractivity contribution in [1.82, 2.24) is 5.32 Å². The molecule has 0 amide bonds. The fourth-order valence-corrected chi connectivity index (χ4v) is 1.58. The van der Waals surface area contributed by atoms with Gasteiger partial charge in [-0.15, -0.1) is 0 Å². The van der Waals surface area contributed by atoms with E-state index in [-0.39, 0.29) is 5.82 Å². The number of likely N-dealkylation sites (N-methyl/N-ethyl adjacent to an activating group) is 1. The van der Waals surface area contributed by atoms with Crippen molar-refractivity contribution >= 4 is 5.69 Å². The van der Waals surface area contributed by atoms with Crippen LogP contribution in [-0.2, 0) is 0 Å². The third-order valence-corrected chi connectivity index (χ3v) is 2.22. The lowest BCUT2D eigenvalue weighted by atomic mass is 10.1. The molecule has 0 aromatic heterocycles. The van der Waals surface area contributed by atoms with Gasteiger partial charge in [-0.25, -0.2) is 4.39 Å². The smallest absolute Gasteiger partial charge is 0.146 e. The third-order valence-electron chi connectivity index (χ3n) is 2.22. The third kappa shape index (κ3) is 2.67. The Morgan fingerprint density at radius 3 is 2.67 bits per heavy atom. The number of hydrogen-bond donors (Lipinski definition) is 2. The summed E-state index contributed by atoms with van der Waals surface area (Å²) in [6.07, 6.45) is -0.692. The van der Waals surface area contributed by atoms with Crippen LogP contribution in [0.5, 0.6) is 0 Å². The minimum absolute atomic E-state index is 0.312. The van der Waals surface area contributed by atoms with E-state index in [1.54, 1.807) is 38.2 Å². The maximum atomic E-state index is 13.5. The summed E-state index contributed by atoms with van der Waals surface area (Å²) in [5.41, 5.74) is 1.05. The second kappa shape index (κ2) is 5.09. The van der Waals surface area contributed by atoms with Gasteiger partial charge < -0.3 is 15.3 Å². The zero-order chi connectivity index (χ0) is 11.4. The molecular formula is C11H17FN2O. The van der Waals surface area contributed by atoms with Crippen LogP contribution in [0.25, 0.3) is 0 Å². The van der Waals surface area contributed by atoms with Gasteiger partial charge in [-0.3, -0.25) is 0 Å². The first-order chi connectivity index (χ1) is 7.07. The molecule has 0 fully saturated rings. The highest BCUT2D eigenvalue weighted by molar-refractivity contribution is 5.54. The number of benzene rings is 1. The summed E-state index contributed by atoms with van der Waals surface area (Å²) in [5.74, 6) is -0.312. The van der Waals surface area contributed by atoms with Gasteiger partial charge in [0.25, 0.3) is 0 Å². The number of anilines is 1. The highest BCUT2D eigenvalue weighted by Crippen LogP contribution is 2.27. The lowest BCUT2D eigenvalue weighted by molar-refractivity contribution is 0.178. The zero-order valence-electron chi connectivity index (χ0n) is 9.29. The first kappa shape index (κ1) is 11.9. The molecule has 0 bridgehead atoms. The molecule has 0 radical (unpaired) electrons. The normalized spacial score (nSPS) is 12.6. The Labute approximate surface area is 89.5 Å². The van der Waals surface area contributed by atoms with Gasteiger partial charge in [-0.05, 0) is 13.1 Å². The van der Waals surface area contributed by atoms with E-state index in [4.69, 9.17) is 0 Å². The Morgan fingerprint density at radius 1 is 1.47 bits per heavy atom. The van der Waals surface area contributed by atoms with Crippen LogP contribution in [0, 0.1) is 5.82 Å². The molecule has 1 aromatic rings. The quantitative estimate of drug-likeness (QED) is 0.785. The van der Waals surface area contributed by atoms with E-state index < -0.39 is 6.10 Å². The number of para-hydroxylation sites is 1. The van der Waals surface area contributed by atoms with Crippen LogP contribution >= 0.6 is 0 Å².